The van der Waals surface area contributed by atoms with Crippen LogP contribution in [0.15, 0.2) is 24.3 Å². The maximum Gasteiger partial charge on any atom is 0.238 e. The van der Waals surface area contributed by atoms with E-state index in [4.69, 9.17) is 5.26 Å². The number of nitrogens with zero attached hydrogens (tertiary/aromatic N) is 2. The molecule has 0 aromatic heterocycles. The predicted octanol–water partition coefficient (Wildman–Crippen LogP) is 1.60. The Morgan fingerprint density at radius 1 is 1.38 bits per heavy atom. The van der Waals surface area contributed by atoms with Crippen LogP contribution in [-0.2, 0) is 11.3 Å². The molecule has 84 valence electrons. The molecule has 0 aliphatic rings. The van der Waals surface area contributed by atoms with Gasteiger partial charge in [-0.2, -0.15) is 5.26 Å². The minimum atomic E-state index is -0.275. The van der Waals surface area contributed by atoms with Crippen LogP contribution in [-0.4, -0.2) is 24.9 Å². The zero-order valence-electron chi connectivity index (χ0n) is 9.53. The van der Waals surface area contributed by atoms with E-state index in [0.29, 0.717) is 0 Å². The van der Waals surface area contributed by atoms with E-state index in [9.17, 15) is 4.79 Å². The molecule has 0 unspecified atom stereocenters. The van der Waals surface area contributed by atoms with Crippen molar-refractivity contribution in [3.05, 3.63) is 29.8 Å². The van der Waals surface area contributed by atoms with Crippen LogP contribution in [0.3, 0.4) is 0 Å². The average molecular weight is 217 g/mol. The molecular formula is C12H15N3O. The molecule has 0 heterocycles. The van der Waals surface area contributed by atoms with E-state index in [-0.39, 0.29) is 12.3 Å². The Bertz CT molecular complexity index is 390. The minimum absolute atomic E-state index is 0.112. The quantitative estimate of drug-likeness (QED) is 0.833. The Morgan fingerprint density at radius 2 is 2.00 bits per heavy atom. The van der Waals surface area contributed by atoms with Crippen LogP contribution in [0, 0.1) is 11.3 Å². The Morgan fingerprint density at radius 3 is 2.50 bits per heavy atom. The van der Waals surface area contributed by atoms with Crippen LogP contribution >= 0.6 is 0 Å². The van der Waals surface area contributed by atoms with Crippen LogP contribution in [0.2, 0.25) is 0 Å². The van der Waals surface area contributed by atoms with Gasteiger partial charge in [0.1, 0.15) is 6.42 Å². The van der Waals surface area contributed by atoms with Crippen molar-refractivity contribution >= 4 is 11.6 Å². The van der Waals surface area contributed by atoms with Crippen molar-refractivity contribution in [2.24, 2.45) is 0 Å². The summed E-state index contributed by atoms with van der Waals surface area (Å²) in [7, 11) is 4.01. The van der Waals surface area contributed by atoms with Crippen LogP contribution in [0.1, 0.15) is 12.0 Å². The second-order valence-electron chi connectivity index (χ2n) is 3.82. The second-order valence-corrected chi connectivity index (χ2v) is 3.82. The van der Waals surface area contributed by atoms with Crippen LogP contribution < -0.4 is 5.32 Å². The van der Waals surface area contributed by atoms with Crippen molar-refractivity contribution in [3.63, 3.8) is 0 Å². The fourth-order valence-corrected chi connectivity index (χ4v) is 1.34. The Kier molecular flexibility index (Phi) is 4.49. The Hall–Kier alpha value is -1.86. The van der Waals surface area contributed by atoms with Gasteiger partial charge in [0.05, 0.1) is 6.07 Å². The number of benzene rings is 1. The first kappa shape index (κ1) is 12.2. The highest BCUT2D eigenvalue weighted by atomic mass is 16.1. The topological polar surface area (TPSA) is 56.1 Å². The number of nitriles is 1. The highest BCUT2D eigenvalue weighted by Gasteiger charge is 2.01. The highest BCUT2D eigenvalue weighted by molar-refractivity contribution is 5.91. The number of hydrogen-bond acceptors (Lipinski definition) is 3. The molecule has 0 aliphatic heterocycles. The van der Waals surface area contributed by atoms with Crippen LogP contribution in [0.4, 0.5) is 5.69 Å². The maximum atomic E-state index is 11.1. The molecule has 0 atom stereocenters. The first-order valence-electron chi connectivity index (χ1n) is 5.02. The van der Waals surface area contributed by atoms with Crippen molar-refractivity contribution < 1.29 is 4.79 Å². The molecule has 0 aliphatic carbocycles. The van der Waals surface area contributed by atoms with Crippen molar-refractivity contribution in [1.82, 2.24) is 4.90 Å². The average Bonchev–Trinajstić information content (AvgIpc) is 2.20. The van der Waals surface area contributed by atoms with E-state index >= 15 is 0 Å². The summed E-state index contributed by atoms with van der Waals surface area (Å²) >= 11 is 0. The van der Waals surface area contributed by atoms with Crippen LogP contribution in [0.25, 0.3) is 0 Å². The molecule has 1 aromatic rings. The number of nitrogens with one attached hydrogen (secondary N) is 1. The van der Waals surface area contributed by atoms with Crippen LogP contribution in [0.5, 0.6) is 0 Å². The SMILES string of the molecule is CN(C)Cc1ccc(NC(=O)CC#N)cc1. The van der Waals surface area contributed by atoms with Gasteiger partial charge < -0.3 is 10.2 Å². The van der Waals surface area contributed by atoms with Crippen molar-refractivity contribution in [2.75, 3.05) is 19.4 Å². The molecule has 4 heteroatoms. The summed E-state index contributed by atoms with van der Waals surface area (Å²) in [5, 5.41) is 11.0. The van der Waals surface area contributed by atoms with Gasteiger partial charge in [-0.15, -0.1) is 0 Å². The van der Waals surface area contributed by atoms with Gasteiger partial charge in [-0.3, -0.25) is 4.79 Å². The molecule has 0 bridgehead atoms. The summed E-state index contributed by atoms with van der Waals surface area (Å²) in [5.74, 6) is -0.275. The number of amides is 1. The molecule has 16 heavy (non-hydrogen) atoms. The van der Waals surface area contributed by atoms with E-state index in [1.807, 2.05) is 38.4 Å². The maximum absolute atomic E-state index is 11.1. The lowest BCUT2D eigenvalue weighted by Crippen LogP contribution is -2.12. The molecule has 4 nitrogen and oxygen atoms in total. The van der Waals surface area contributed by atoms with Crippen molar-refractivity contribution in [1.29, 1.82) is 5.26 Å². The zero-order valence-corrected chi connectivity index (χ0v) is 9.53. The van der Waals surface area contributed by atoms with E-state index in [0.717, 1.165) is 12.2 Å². The molecule has 0 spiro atoms. The van der Waals surface area contributed by atoms with Gasteiger partial charge in [-0.1, -0.05) is 12.1 Å². The van der Waals surface area contributed by atoms with Crippen molar-refractivity contribution in [2.45, 2.75) is 13.0 Å². The van der Waals surface area contributed by atoms with Gasteiger partial charge in [-0.05, 0) is 31.8 Å². The molecule has 0 fully saturated rings. The summed E-state index contributed by atoms with van der Waals surface area (Å²) in [6.45, 7) is 0.867. The molecule has 0 saturated heterocycles. The van der Waals surface area contributed by atoms with Gasteiger partial charge in [0.25, 0.3) is 0 Å². The van der Waals surface area contributed by atoms with Gasteiger partial charge in [-0.25, -0.2) is 0 Å². The molecule has 1 rings (SSSR count). The monoisotopic (exact) mass is 217 g/mol. The summed E-state index contributed by atoms with van der Waals surface area (Å²) < 4.78 is 0. The predicted molar refractivity (Wildman–Crippen MR) is 62.7 cm³/mol. The van der Waals surface area contributed by atoms with Gasteiger partial charge in [0, 0.05) is 12.2 Å². The summed E-state index contributed by atoms with van der Waals surface area (Å²) in [5.41, 5.74) is 1.91. The smallest absolute Gasteiger partial charge is 0.238 e. The zero-order chi connectivity index (χ0) is 12.0. The number of hydrogen-bond donors (Lipinski definition) is 1. The second kappa shape index (κ2) is 5.89. The largest absolute Gasteiger partial charge is 0.325 e. The molecule has 0 radical (unpaired) electrons. The van der Waals surface area contributed by atoms with E-state index in [2.05, 4.69) is 10.2 Å². The molecule has 0 saturated carbocycles. The lowest BCUT2D eigenvalue weighted by atomic mass is 10.2. The van der Waals surface area contributed by atoms with E-state index in [1.165, 1.54) is 5.56 Å². The fraction of sp³-hybridized carbons (Fsp3) is 0.333. The number of carbonyl (C=O) groups excluding carboxylic acids is 1. The lowest BCUT2D eigenvalue weighted by Gasteiger charge is -2.10. The molecular weight excluding hydrogens is 202 g/mol. The molecule has 1 amide bonds. The third-order valence-corrected chi connectivity index (χ3v) is 1.98. The summed E-state index contributed by atoms with van der Waals surface area (Å²) in [6, 6.07) is 9.41. The van der Waals surface area contributed by atoms with Gasteiger partial charge >= 0.3 is 0 Å². The molecule has 1 aromatic carbocycles. The number of carbonyl (C=O) groups is 1. The highest BCUT2D eigenvalue weighted by Crippen LogP contribution is 2.10. The first-order chi connectivity index (χ1) is 7.61. The minimum Gasteiger partial charge on any atom is -0.325 e. The Labute approximate surface area is 95.5 Å². The third kappa shape index (κ3) is 4.11. The Balaban J connectivity index is 2.58. The van der Waals surface area contributed by atoms with E-state index < -0.39 is 0 Å². The summed E-state index contributed by atoms with van der Waals surface area (Å²) in [6.07, 6.45) is -0.112. The summed E-state index contributed by atoms with van der Waals surface area (Å²) in [4.78, 5) is 13.2. The van der Waals surface area contributed by atoms with Gasteiger partial charge in [0.2, 0.25) is 5.91 Å². The first-order valence-corrected chi connectivity index (χ1v) is 5.02. The van der Waals surface area contributed by atoms with Gasteiger partial charge in [0.15, 0.2) is 0 Å². The number of anilines is 1. The standard InChI is InChI=1S/C12H15N3O/c1-15(2)9-10-3-5-11(6-4-10)14-12(16)7-8-13/h3-6H,7,9H2,1-2H3,(H,14,16). The molecule has 1 N–H and O–H groups in total. The normalized spacial score (nSPS) is 9.88. The van der Waals surface area contributed by atoms with Crippen molar-refractivity contribution in [3.8, 4) is 6.07 Å². The van der Waals surface area contributed by atoms with E-state index in [1.54, 1.807) is 6.07 Å². The fourth-order valence-electron chi connectivity index (χ4n) is 1.34. The number of rotatable bonds is 4. The lowest BCUT2D eigenvalue weighted by molar-refractivity contribution is -0.115. The third-order valence-electron chi connectivity index (χ3n) is 1.98.